The van der Waals surface area contributed by atoms with Crippen LogP contribution in [0.2, 0.25) is 0 Å². The van der Waals surface area contributed by atoms with Crippen LogP contribution in [0.3, 0.4) is 0 Å². The van der Waals surface area contributed by atoms with Crippen LogP contribution in [-0.4, -0.2) is 4.98 Å². The first-order valence-corrected chi connectivity index (χ1v) is 8.30. The molecule has 0 spiro atoms. The molecule has 1 nitrogen and oxygen atoms in total. The maximum Gasteiger partial charge on any atom is 0.0352 e. The van der Waals surface area contributed by atoms with Crippen molar-refractivity contribution in [2.45, 2.75) is 0 Å². The van der Waals surface area contributed by atoms with Crippen molar-refractivity contribution in [1.82, 2.24) is 4.98 Å². The van der Waals surface area contributed by atoms with Crippen LogP contribution in [0.4, 0.5) is 0 Å². The monoisotopic (exact) mass is 359 g/mol. The van der Waals surface area contributed by atoms with Crippen LogP contribution in [0.5, 0.6) is 0 Å². The van der Waals surface area contributed by atoms with Crippen molar-refractivity contribution in [3.8, 4) is 22.3 Å². The van der Waals surface area contributed by atoms with Gasteiger partial charge in [0.05, 0.1) is 0 Å². The van der Waals surface area contributed by atoms with Gasteiger partial charge in [-0.15, -0.1) is 0 Å². The van der Waals surface area contributed by atoms with Crippen LogP contribution in [0.15, 0.2) is 89.7 Å². The number of benzene rings is 3. The lowest BCUT2D eigenvalue weighted by Gasteiger charge is -2.08. The lowest BCUT2D eigenvalue weighted by atomic mass is 9.98. The normalized spacial score (nSPS) is 10.8. The molecule has 23 heavy (non-hydrogen) atoms. The van der Waals surface area contributed by atoms with Crippen molar-refractivity contribution in [1.29, 1.82) is 0 Å². The van der Waals surface area contributed by atoms with Crippen LogP contribution in [-0.2, 0) is 0 Å². The third-order valence-electron chi connectivity index (χ3n) is 4.04. The highest BCUT2D eigenvalue weighted by molar-refractivity contribution is 9.10. The molecule has 0 aliphatic carbocycles. The minimum Gasteiger partial charge on any atom is -0.263 e. The van der Waals surface area contributed by atoms with E-state index < -0.39 is 0 Å². The van der Waals surface area contributed by atoms with Gasteiger partial charge in [-0.25, -0.2) is 0 Å². The van der Waals surface area contributed by atoms with Gasteiger partial charge in [0.2, 0.25) is 0 Å². The Bertz CT molecular complexity index is 952. The smallest absolute Gasteiger partial charge is 0.0352 e. The van der Waals surface area contributed by atoms with E-state index in [1.54, 1.807) is 0 Å². The van der Waals surface area contributed by atoms with Gasteiger partial charge in [0.15, 0.2) is 0 Å². The highest BCUT2D eigenvalue weighted by Crippen LogP contribution is 2.30. The molecule has 3 aromatic carbocycles. The summed E-state index contributed by atoms with van der Waals surface area (Å²) in [6, 6.07) is 25.4. The van der Waals surface area contributed by atoms with E-state index in [0.717, 1.165) is 4.47 Å². The maximum absolute atomic E-state index is 4.37. The number of nitrogens with zero attached hydrogens (tertiary/aromatic N) is 1. The fourth-order valence-electron chi connectivity index (χ4n) is 2.83. The molecule has 1 heterocycles. The van der Waals surface area contributed by atoms with Crippen LogP contribution < -0.4 is 0 Å². The third-order valence-corrected chi connectivity index (χ3v) is 4.57. The summed E-state index contributed by atoms with van der Waals surface area (Å²) in [6.45, 7) is 0. The molecule has 0 saturated carbocycles. The van der Waals surface area contributed by atoms with Crippen LogP contribution in [0.1, 0.15) is 0 Å². The van der Waals surface area contributed by atoms with E-state index in [9.17, 15) is 0 Å². The van der Waals surface area contributed by atoms with Crippen molar-refractivity contribution in [3.05, 3.63) is 89.7 Å². The zero-order chi connectivity index (χ0) is 15.6. The number of hydrogen-bond acceptors (Lipinski definition) is 1. The molecule has 0 saturated heterocycles. The van der Waals surface area contributed by atoms with Gasteiger partial charge in [0.25, 0.3) is 0 Å². The number of fused-ring (bicyclic) bond motifs is 1. The topological polar surface area (TPSA) is 12.9 Å². The number of pyridine rings is 1. The minimum atomic E-state index is 1.10. The molecule has 0 radical (unpaired) electrons. The highest BCUT2D eigenvalue weighted by Gasteiger charge is 2.05. The third kappa shape index (κ3) is 2.78. The molecule has 0 amide bonds. The number of rotatable bonds is 2. The molecule has 0 fully saturated rings. The SMILES string of the molecule is Brc1ccc(-c2ccc(-c3cncc4ccccc34)cc2)cc1. The summed E-state index contributed by atoms with van der Waals surface area (Å²) in [5, 5.41) is 2.40. The molecular weight excluding hydrogens is 346 g/mol. The molecule has 0 aliphatic heterocycles. The number of hydrogen-bond donors (Lipinski definition) is 0. The predicted molar refractivity (Wildman–Crippen MR) is 100 cm³/mol. The summed E-state index contributed by atoms with van der Waals surface area (Å²) >= 11 is 3.48. The van der Waals surface area contributed by atoms with Gasteiger partial charge in [-0.2, -0.15) is 0 Å². The Morgan fingerprint density at radius 1 is 0.609 bits per heavy atom. The van der Waals surface area contributed by atoms with E-state index in [2.05, 4.69) is 87.6 Å². The molecule has 0 N–H and O–H groups in total. The van der Waals surface area contributed by atoms with Gasteiger partial charge < -0.3 is 0 Å². The molecule has 110 valence electrons. The van der Waals surface area contributed by atoms with Gasteiger partial charge in [-0.3, -0.25) is 4.98 Å². The van der Waals surface area contributed by atoms with Crippen molar-refractivity contribution >= 4 is 26.7 Å². The Morgan fingerprint density at radius 3 is 1.96 bits per heavy atom. The number of halogens is 1. The standard InChI is InChI=1S/C21H14BrN/c22-19-11-9-16(10-12-19)15-5-7-17(8-6-15)21-14-23-13-18-3-1-2-4-20(18)21/h1-14H. The van der Waals surface area contributed by atoms with E-state index in [-0.39, 0.29) is 0 Å². The summed E-state index contributed by atoms with van der Waals surface area (Å²) in [5.41, 5.74) is 4.80. The lowest BCUT2D eigenvalue weighted by molar-refractivity contribution is 1.36. The van der Waals surface area contributed by atoms with E-state index in [1.807, 2.05) is 18.5 Å². The van der Waals surface area contributed by atoms with E-state index >= 15 is 0 Å². The molecule has 0 atom stereocenters. The van der Waals surface area contributed by atoms with E-state index in [1.165, 1.54) is 33.0 Å². The van der Waals surface area contributed by atoms with Crippen molar-refractivity contribution in [2.24, 2.45) is 0 Å². The fraction of sp³-hybridized carbons (Fsp3) is 0. The van der Waals surface area contributed by atoms with Crippen molar-refractivity contribution in [2.75, 3.05) is 0 Å². The van der Waals surface area contributed by atoms with Crippen LogP contribution >= 0.6 is 15.9 Å². The maximum atomic E-state index is 4.37. The Balaban J connectivity index is 1.77. The largest absolute Gasteiger partial charge is 0.263 e. The summed E-state index contributed by atoms with van der Waals surface area (Å²) in [7, 11) is 0. The molecule has 4 aromatic rings. The summed E-state index contributed by atoms with van der Waals surface area (Å²) in [4.78, 5) is 4.37. The first-order chi connectivity index (χ1) is 11.3. The van der Waals surface area contributed by atoms with Gasteiger partial charge in [0, 0.05) is 27.8 Å². The second-order valence-electron chi connectivity index (χ2n) is 5.49. The Hall–Kier alpha value is -2.45. The Kier molecular flexibility index (Phi) is 3.68. The number of aromatic nitrogens is 1. The van der Waals surface area contributed by atoms with Gasteiger partial charge in [-0.1, -0.05) is 76.6 Å². The quantitative estimate of drug-likeness (QED) is 0.407. The average Bonchev–Trinajstić information content (AvgIpc) is 2.62. The fourth-order valence-corrected chi connectivity index (χ4v) is 3.10. The van der Waals surface area contributed by atoms with Crippen molar-refractivity contribution in [3.63, 3.8) is 0 Å². The minimum absolute atomic E-state index is 1.10. The Labute approximate surface area is 143 Å². The summed E-state index contributed by atoms with van der Waals surface area (Å²) in [5.74, 6) is 0. The average molecular weight is 360 g/mol. The highest BCUT2D eigenvalue weighted by atomic mass is 79.9. The molecular formula is C21H14BrN. The van der Waals surface area contributed by atoms with Crippen LogP contribution in [0, 0.1) is 0 Å². The second kappa shape index (κ2) is 5.98. The second-order valence-corrected chi connectivity index (χ2v) is 6.41. The Morgan fingerprint density at radius 2 is 1.22 bits per heavy atom. The summed E-state index contributed by atoms with van der Waals surface area (Å²) in [6.07, 6.45) is 3.85. The first kappa shape index (κ1) is 14.2. The van der Waals surface area contributed by atoms with E-state index in [0.29, 0.717) is 0 Å². The lowest BCUT2D eigenvalue weighted by Crippen LogP contribution is -1.84. The molecule has 0 bridgehead atoms. The van der Waals surface area contributed by atoms with E-state index in [4.69, 9.17) is 0 Å². The van der Waals surface area contributed by atoms with Crippen molar-refractivity contribution < 1.29 is 0 Å². The predicted octanol–water partition coefficient (Wildman–Crippen LogP) is 6.33. The zero-order valence-electron chi connectivity index (χ0n) is 12.4. The molecule has 1 aromatic heterocycles. The first-order valence-electron chi connectivity index (χ1n) is 7.50. The summed E-state index contributed by atoms with van der Waals surface area (Å²) < 4.78 is 1.10. The molecule has 2 heteroatoms. The zero-order valence-corrected chi connectivity index (χ0v) is 14.0. The van der Waals surface area contributed by atoms with Gasteiger partial charge in [0.1, 0.15) is 0 Å². The molecule has 0 aliphatic rings. The molecule has 0 unspecified atom stereocenters. The van der Waals surface area contributed by atoms with Crippen LogP contribution in [0.25, 0.3) is 33.0 Å². The molecule has 4 rings (SSSR count). The van der Waals surface area contributed by atoms with Gasteiger partial charge in [-0.05, 0) is 34.2 Å². The van der Waals surface area contributed by atoms with Gasteiger partial charge >= 0.3 is 0 Å².